The predicted molar refractivity (Wildman–Crippen MR) is 55.0 cm³/mol. The first kappa shape index (κ1) is 14.6. The molecule has 9 heteroatoms. The summed E-state index contributed by atoms with van der Waals surface area (Å²) >= 11 is -2.02. The molecule has 0 atom stereocenters. The van der Waals surface area contributed by atoms with Crippen LogP contribution in [0.1, 0.15) is 0 Å². The smallest absolute Gasteiger partial charge is 0.385 e. The summed E-state index contributed by atoms with van der Waals surface area (Å²) in [7, 11) is -2.52. The maximum Gasteiger partial charge on any atom is 0.694 e. The molecule has 0 N–H and O–H groups in total. The fourth-order valence-corrected chi connectivity index (χ4v) is 4.55. The van der Waals surface area contributed by atoms with Crippen LogP contribution < -0.4 is 0 Å². The highest BCUT2D eigenvalue weighted by Gasteiger charge is 2.50. The van der Waals surface area contributed by atoms with Gasteiger partial charge in [0.1, 0.15) is 0 Å². The van der Waals surface area contributed by atoms with E-state index >= 15 is 0 Å². The summed E-state index contributed by atoms with van der Waals surface area (Å²) in [5.41, 5.74) is 0. The fraction of sp³-hybridized carbons (Fsp3) is 1.00. The van der Waals surface area contributed by atoms with Crippen LogP contribution in [0.4, 0.5) is 4.20 Å². The average molecular weight is 272 g/mol. The molecule has 1 saturated heterocycles. The highest BCUT2D eigenvalue weighted by molar-refractivity contribution is 7.54. The third-order valence-corrected chi connectivity index (χ3v) is 6.39. The van der Waals surface area contributed by atoms with Crippen molar-refractivity contribution >= 4 is 22.7 Å². The van der Waals surface area contributed by atoms with Gasteiger partial charge in [0.25, 0.3) is 0 Å². The molecule has 94 valence electrons. The van der Waals surface area contributed by atoms with E-state index in [1.165, 1.54) is 0 Å². The Bertz CT molecular complexity index is 233. The first-order chi connectivity index (χ1) is 7.64. The van der Waals surface area contributed by atoms with Gasteiger partial charge in [-0.2, -0.15) is 0 Å². The Kier molecular flexibility index (Phi) is 7.05. The van der Waals surface area contributed by atoms with Crippen molar-refractivity contribution in [3.63, 3.8) is 0 Å². The fourth-order valence-electron chi connectivity index (χ4n) is 1.04. The van der Waals surface area contributed by atoms with Gasteiger partial charge in [0.2, 0.25) is 0 Å². The van der Waals surface area contributed by atoms with E-state index in [-0.39, 0.29) is 0 Å². The first-order valence-electron chi connectivity index (χ1n) is 4.95. The van der Waals surface area contributed by atoms with Crippen LogP contribution in [0.2, 0.25) is 5.28 Å². The molecule has 1 aliphatic heterocycles. The molecule has 1 rings (SSSR count). The lowest BCUT2D eigenvalue weighted by Gasteiger charge is -2.25. The third-order valence-electron chi connectivity index (χ3n) is 1.79. The Balaban J connectivity index is 1.77. The summed E-state index contributed by atoms with van der Waals surface area (Å²) in [6.07, 6.45) is 0. The van der Waals surface area contributed by atoms with E-state index in [1.54, 1.807) is 7.11 Å². The van der Waals surface area contributed by atoms with Crippen molar-refractivity contribution in [1.82, 2.24) is 0 Å². The number of methoxy groups -OCH3 is 1. The van der Waals surface area contributed by atoms with Gasteiger partial charge in [0, 0.05) is 13.7 Å². The molecule has 0 aromatic carbocycles. The van der Waals surface area contributed by atoms with Crippen molar-refractivity contribution < 1.29 is 30.1 Å². The second-order valence-electron chi connectivity index (χ2n) is 3.08. The van der Waals surface area contributed by atoms with Crippen molar-refractivity contribution in [2.45, 2.75) is 5.28 Å². The van der Waals surface area contributed by atoms with E-state index in [0.29, 0.717) is 38.3 Å². The van der Waals surface area contributed by atoms with Crippen molar-refractivity contribution in [3.05, 3.63) is 0 Å². The third kappa shape index (κ3) is 6.28. The maximum absolute atomic E-state index is 12.3. The molecular formula is C7H15AlFO6P. The molecule has 0 amide bonds. The Morgan fingerprint density at radius 2 is 1.69 bits per heavy atom. The monoisotopic (exact) mass is 272 g/mol. The van der Waals surface area contributed by atoms with Gasteiger partial charge >= 0.3 is 22.7 Å². The van der Waals surface area contributed by atoms with Gasteiger partial charge in [-0.25, -0.2) is 4.57 Å². The zero-order valence-electron chi connectivity index (χ0n) is 9.09. The van der Waals surface area contributed by atoms with E-state index in [9.17, 15) is 8.76 Å². The molecule has 0 aliphatic carbocycles. The Hall–Kier alpha value is 0.492. The number of halogens is 1. The van der Waals surface area contributed by atoms with E-state index in [4.69, 9.17) is 14.2 Å². The standard InChI is InChI=1S/C7H15O3.Al.FH2O3P/c1-3-9-6-7-10-5-4-8-2;;1-5(2,3)4/h1,3-7H2,2H3;;(H2,2,3,4)/q;+2;/p-2. The van der Waals surface area contributed by atoms with Crippen LogP contribution in [0.5, 0.6) is 0 Å². The summed E-state index contributed by atoms with van der Waals surface area (Å²) in [6.45, 7) is 2.44. The number of hydrogen-bond donors (Lipinski definition) is 0. The number of rotatable bonds is 9. The SMILES string of the molecule is COCCOCCOC[CH2][Al]1[O]P(=O)(F)[O]1. The van der Waals surface area contributed by atoms with Crippen LogP contribution in [-0.2, 0) is 25.9 Å². The van der Waals surface area contributed by atoms with Crippen LogP contribution in [0.15, 0.2) is 0 Å². The lowest BCUT2D eigenvalue weighted by atomic mass is 10.7. The molecule has 0 unspecified atom stereocenters. The van der Waals surface area contributed by atoms with Crippen LogP contribution in [0, 0.1) is 0 Å². The van der Waals surface area contributed by atoms with Gasteiger partial charge in [0.15, 0.2) is 0 Å². The van der Waals surface area contributed by atoms with Gasteiger partial charge in [-0.15, -0.1) is 4.20 Å². The zero-order chi connectivity index (χ0) is 11.9. The predicted octanol–water partition coefficient (Wildman–Crippen LogP) is 1.28. The van der Waals surface area contributed by atoms with E-state index in [2.05, 4.69) is 7.15 Å². The number of hydrogen-bond acceptors (Lipinski definition) is 6. The van der Waals surface area contributed by atoms with Crippen molar-refractivity contribution in [2.24, 2.45) is 0 Å². The first-order valence-corrected chi connectivity index (χ1v) is 8.14. The minimum absolute atomic E-state index is 0.407. The summed E-state index contributed by atoms with van der Waals surface area (Å²) < 4.78 is 46.7. The van der Waals surface area contributed by atoms with Crippen LogP contribution in [-0.4, -0.2) is 55.0 Å². The molecule has 0 aromatic heterocycles. The summed E-state index contributed by atoms with van der Waals surface area (Å²) in [5, 5.41) is 0.492. The average Bonchev–Trinajstić information content (AvgIpc) is 2.19. The van der Waals surface area contributed by atoms with Crippen LogP contribution >= 0.6 is 7.91 Å². The Morgan fingerprint density at radius 1 is 1.12 bits per heavy atom. The highest BCUT2D eigenvalue weighted by atomic mass is 31.2. The second-order valence-corrected chi connectivity index (χ2v) is 7.06. The highest BCUT2D eigenvalue weighted by Crippen LogP contribution is 2.59. The lowest BCUT2D eigenvalue weighted by Crippen LogP contribution is -2.30. The maximum atomic E-state index is 12.3. The molecule has 0 spiro atoms. The normalized spacial score (nSPS) is 18.5. The van der Waals surface area contributed by atoms with E-state index in [1.807, 2.05) is 0 Å². The minimum Gasteiger partial charge on any atom is -0.385 e. The number of ether oxygens (including phenoxy) is 3. The molecule has 0 radical (unpaired) electrons. The largest absolute Gasteiger partial charge is 0.694 e. The molecule has 1 aliphatic rings. The minimum atomic E-state index is -4.13. The van der Waals surface area contributed by atoms with E-state index in [0.717, 1.165) is 0 Å². The van der Waals surface area contributed by atoms with Crippen LogP contribution in [0.25, 0.3) is 0 Å². The van der Waals surface area contributed by atoms with Gasteiger partial charge in [0.05, 0.1) is 26.4 Å². The van der Waals surface area contributed by atoms with Gasteiger partial charge in [-0.1, -0.05) is 0 Å². The topological polar surface area (TPSA) is 63.2 Å². The van der Waals surface area contributed by atoms with Crippen LogP contribution in [0.3, 0.4) is 0 Å². The van der Waals surface area contributed by atoms with Crippen molar-refractivity contribution in [2.75, 3.05) is 40.1 Å². The molecule has 0 bridgehead atoms. The Labute approximate surface area is 98.7 Å². The summed E-state index contributed by atoms with van der Waals surface area (Å²) in [5.74, 6) is 0. The second kappa shape index (κ2) is 7.75. The molecule has 1 heterocycles. The molecular weight excluding hydrogens is 257 g/mol. The summed E-state index contributed by atoms with van der Waals surface area (Å²) in [6, 6.07) is 0. The Morgan fingerprint density at radius 3 is 2.25 bits per heavy atom. The quantitative estimate of drug-likeness (QED) is 0.358. The van der Waals surface area contributed by atoms with E-state index < -0.39 is 22.7 Å². The molecule has 16 heavy (non-hydrogen) atoms. The lowest BCUT2D eigenvalue weighted by molar-refractivity contribution is 0.0269. The summed E-state index contributed by atoms with van der Waals surface area (Å²) in [4.78, 5) is 0. The molecule has 1 fully saturated rings. The van der Waals surface area contributed by atoms with Gasteiger partial charge in [-0.05, 0) is 5.28 Å². The van der Waals surface area contributed by atoms with Crippen molar-refractivity contribution in [1.29, 1.82) is 0 Å². The molecule has 0 saturated carbocycles. The van der Waals surface area contributed by atoms with Gasteiger partial charge in [-0.3, -0.25) is 0 Å². The molecule has 6 nitrogen and oxygen atoms in total. The van der Waals surface area contributed by atoms with Gasteiger partial charge < -0.3 is 21.4 Å². The zero-order valence-corrected chi connectivity index (χ0v) is 11.1. The molecule has 0 aromatic rings. The van der Waals surface area contributed by atoms with Crippen molar-refractivity contribution in [3.8, 4) is 0 Å².